The van der Waals surface area contributed by atoms with Crippen molar-refractivity contribution < 1.29 is 4.74 Å². The van der Waals surface area contributed by atoms with Crippen LogP contribution in [0.2, 0.25) is 0 Å². The summed E-state index contributed by atoms with van der Waals surface area (Å²) in [5, 5.41) is 8.98. The normalized spacial score (nSPS) is 9.33. The molecule has 0 amide bonds. The second-order valence-electron chi connectivity index (χ2n) is 4.18. The topological polar surface area (TPSA) is 45.9 Å². The summed E-state index contributed by atoms with van der Waals surface area (Å²) < 4.78 is 5.70. The van der Waals surface area contributed by atoms with Crippen LogP contribution in [-0.2, 0) is 6.61 Å². The highest BCUT2D eigenvalue weighted by Crippen LogP contribution is 2.15. The molecule has 2 rings (SSSR count). The van der Waals surface area contributed by atoms with Crippen molar-refractivity contribution in [1.82, 2.24) is 4.98 Å². The third-order valence-electron chi connectivity index (χ3n) is 2.68. The van der Waals surface area contributed by atoms with Gasteiger partial charge in [-0.3, -0.25) is 0 Å². The van der Waals surface area contributed by atoms with E-state index in [-0.39, 0.29) is 0 Å². The van der Waals surface area contributed by atoms with E-state index in [4.69, 9.17) is 21.6 Å². The van der Waals surface area contributed by atoms with E-state index in [1.165, 1.54) is 0 Å². The van der Waals surface area contributed by atoms with Gasteiger partial charge in [0.25, 0.3) is 0 Å². The Kier molecular flexibility index (Phi) is 5.64. The SMILES string of the molecule is N#Cc1ncccc1COc1cccc(C#CCCCl)c1. The van der Waals surface area contributed by atoms with Crippen LogP contribution in [-0.4, -0.2) is 10.9 Å². The summed E-state index contributed by atoms with van der Waals surface area (Å²) in [5.74, 6) is 7.25. The van der Waals surface area contributed by atoms with Crippen LogP contribution in [0.5, 0.6) is 5.75 Å². The molecule has 1 aromatic heterocycles. The Morgan fingerprint density at radius 3 is 2.95 bits per heavy atom. The minimum absolute atomic E-state index is 0.301. The van der Waals surface area contributed by atoms with Crippen LogP contribution in [0.4, 0.5) is 0 Å². The molecule has 0 aliphatic carbocycles. The molecule has 4 heteroatoms. The molecule has 2 aromatic rings. The highest BCUT2D eigenvalue weighted by atomic mass is 35.5. The van der Waals surface area contributed by atoms with Gasteiger partial charge in [-0.1, -0.05) is 24.0 Å². The summed E-state index contributed by atoms with van der Waals surface area (Å²) in [6, 6.07) is 13.2. The van der Waals surface area contributed by atoms with Crippen LogP contribution < -0.4 is 4.74 Å². The van der Waals surface area contributed by atoms with Crippen molar-refractivity contribution in [1.29, 1.82) is 5.26 Å². The van der Waals surface area contributed by atoms with Crippen molar-refractivity contribution in [2.24, 2.45) is 0 Å². The Morgan fingerprint density at radius 2 is 2.14 bits per heavy atom. The minimum Gasteiger partial charge on any atom is -0.489 e. The number of nitriles is 1. The first-order chi connectivity index (χ1) is 10.3. The summed E-state index contributed by atoms with van der Waals surface area (Å²) >= 11 is 5.59. The standard InChI is InChI=1S/C17H13ClN2O/c18-9-2-1-5-14-6-3-8-16(11-14)21-13-15-7-4-10-20-17(15)12-19/h3-4,6-8,10-11H,2,9,13H2. The molecule has 0 saturated carbocycles. The van der Waals surface area contributed by atoms with Crippen LogP contribution >= 0.6 is 11.6 Å². The Bertz CT molecular complexity index is 710. The lowest BCUT2D eigenvalue weighted by Crippen LogP contribution is -1.99. The Hall–Kier alpha value is -2.49. The second kappa shape index (κ2) is 7.94. The van der Waals surface area contributed by atoms with Gasteiger partial charge < -0.3 is 4.74 Å². The zero-order valence-corrected chi connectivity index (χ0v) is 12.1. The Balaban J connectivity index is 2.06. The predicted molar refractivity (Wildman–Crippen MR) is 81.9 cm³/mol. The summed E-state index contributed by atoms with van der Waals surface area (Å²) in [6.45, 7) is 0.301. The van der Waals surface area contributed by atoms with Crippen LogP contribution in [0, 0.1) is 23.2 Å². The van der Waals surface area contributed by atoms with Crippen molar-refractivity contribution in [2.45, 2.75) is 13.0 Å². The van der Waals surface area contributed by atoms with Crippen LogP contribution in [0.15, 0.2) is 42.6 Å². The molecular weight excluding hydrogens is 284 g/mol. The number of alkyl halides is 1. The predicted octanol–water partition coefficient (Wildman–Crippen LogP) is 3.51. The highest BCUT2D eigenvalue weighted by molar-refractivity contribution is 6.18. The molecule has 0 N–H and O–H groups in total. The number of ether oxygens (including phenoxy) is 1. The molecule has 0 radical (unpaired) electrons. The zero-order valence-electron chi connectivity index (χ0n) is 11.3. The lowest BCUT2D eigenvalue weighted by atomic mass is 10.2. The Labute approximate surface area is 129 Å². The molecule has 3 nitrogen and oxygen atoms in total. The molecule has 0 aliphatic rings. The Morgan fingerprint density at radius 1 is 1.24 bits per heavy atom. The number of benzene rings is 1. The maximum Gasteiger partial charge on any atom is 0.147 e. The first-order valence-corrected chi connectivity index (χ1v) is 6.98. The van der Waals surface area contributed by atoms with Crippen molar-refractivity contribution in [3.8, 4) is 23.7 Å². The van der Waals surface area contributed by atoms with Gasteiger partial charge in [0.1, 0.15) is 24.1 Å². The van der Waals surface area contributed by atoms with E-state index in [1.807, 2.05) is 30.3 Å². The van der Waals surface area contributed by atoms with Gasteiger partial charge in [-0.15, -0.1) is 11.6 Å². The van der Waals surface area contributed by atoms with Crippen molar-refractivity contribution in [2.75, 3.05) is 5.88 Å². The highest BCUT2D eigenvalue weighted by Gasteiger charge is 2.03. The van der Waals surface area contributed by atoms with Gasteiger partial charge >= 0.3 is 0 Å². The summed E-state index contributed by atoms with van der Waals surface area (Å²) in [7, 11) is 0. The number of hydrogen-bond donors (Lipinski definition) is 0. The van der Waals surface area contributed by atoms with E-state index in [9.17, 15) is 0 Å². The summed E-state index contributed by atoms with van der Waals surface area (Å²) in [5.41, 5.74) is 2.03. The fourth-order valence-electron chi connectivity index (χ4n) is 1.69. The molecule has 0 unspecified atom stereocenters. The maximum absolute atomic E-state index is 8.98. The van der Waals surface area contributed by atoms with Gasteiger partial charge in [0.15, 0.2) is 0 Å². The lowest BCUT2D eigenvalue weighted by Gasteiger charge is -2.07. The van der Waals surface area contributed by atoms with Gasteiger partial charge in [-0.05, 0) is 24.3 Å². The van der Waals surface area contributed by atoms with Crippen molar-refractivity contribution in [3.05, 3.63) is 59.4 Å². The molecule has 0 bridgehead atoms. The number of halogens is 1. The lowest BCUT2D eigenvalue weighted by molar-refractivity contribution is 0.305. The minimum atomic E-state index is 0.301. The fraction of sp³-hybridized carbons (Fsp3) is 0.176. The number of rotatable bonds is 4. The number of aromatic nitrogens is 1. The van der Waals surface area contributed by atoms with Crippen molar-refractivity contribution in [3.63, 3.8) is 0 Å². The smallest absolute Gasteiger partial charge is 0.147 e. The van der Waals surface area contributed by atoms with Crippen LogP contribution in [0.1, 0.15) is 23.2 Å². The number of pyridine rings is 1. The van der Waals surface area contributed by atoms with E-state index < -0.39 is 0 Å². The molecule has 1 heterocycles. The van der Waals surface area contributed by atoms with Gasteiger partial charge in [0.05, 0.1) is 0 Å². The number of nitrogens with zero attached hydrogens (tertiary/aromatic N) is 2. The van der Waals surface area contributed by atoms with Crippen LogP contribution in [0.25, 0.3) is 0 Å². The third-order valence-corrected chi connectivity index (χ3v) is 2.87. The molecule has 104 valence electrons. The van der Waals surface area contributed by atoms with Crippen LogP contribution in [0.3, 0.4) is 0 Å². The third kappa shape index (κ3) is 4.53. The summed E-state index contributed by atoms with van der Waals surface area (Å²) in [4.78, 5) is 4.00. The van der Waals surface area contributed by atoms with E-state index in [0.717, 1.165) is 11.1 Å². The van der Waals surface area contributed by atoms with E-state index in [1.54, 1.807) is 12.3 Å². The van der Waals surface area contributed by atoms with E-state index >= 15 is 0 Å². The molecule has 0 aliphatic heterocycles. The quantitative estimate of drug-likeness (QED) is 0.640. The second-order valence-corrected chi connectivity index (χ2v) is 4.56. The van der Waals surface area contributed by atoms with Gasteiger partial charge in [0, 0.05) is 29.6 Å². The maximum atomic E-state index is 8.98. The first kappa shape index (κ1) is 14.9. The molecule has 0 atom stereocenters. The van der Waals surface area contributed by atoms with Gasteiger partial charge in [0.2, 0.25) is 0 Å². The zero-order chi connectivity index (χ0) is 14.9. The summed E-state index contributed by atoms with van der Waals surface area (Å²) in [6.07, 6.45) is 2.25. The molecule has 0 spiro atoms. The number of hydrogen-bond acceptors (Lipinski definition) is 3. The first-order valence-electron chi connectivity index (χ1n) is 6.45. The monoisotopic (exact) mass is 296 g/mol. The van der Waals surface area contributed by atoms with Crippen molar-refractivity contribution >= 4 is 11.6 Å². The van der Waals surface area contributed by atoms with E-state index in [0.29, 0.717) is 30.4 Å². The molecule has 0 fully saturated rings. The average molecular weight is 297 g/mol. The molecular formula is C17H13ClN2O. The molecule has 0 saturated heterocycles. The van der Waals surface area contributed by atoms with Gasteiger partial charge in [-0.25, -0.2) is 4.98 Å². The average Bonchev–Trinajstić information content (AvgIpc) is 2.54. The largest absolute Gasteiger partial charge is 0.489 e. The van der Waals surface area contributed by atoms with Gasteiger partial charge in [-0.2, -0.15) is 5.26 Å². The molecule has 1 aromatic carbocycles. The van der Waals surface area contributed by atoms with E-state index in [2.05, 4.69) is 22.9 Å². The molecule has 21 heavy (non-hydrogen) atoms. The fourth-order valence-corrected chi connectivity index (χ4v) is 1.79.